The number of amides is 1. The van der Waals surface area contributed by atoms with Crippen molar-refractivity contribution in [1.82, 2.24) is 15.3 Å². The lowest BCUT2D eigenvalue weighted by Crippen LogP contribution is -2.34. The third-order valence-electron chi connectivity index (χ3n) is 5.63. The summed E-state index contributed by atoms with van der Waals surface area (Å²) < 4.78 is 0. The molecule has 0 spiro atoms. The number of carbonyl (C=O) groups is 1. The molecular formula is C23H33N5O. The van der Waals surface area contributed by atoms with Gasteiger partial charge in [0.15, 0.2) is 0 Å². The van der Waals surface area contributed by atoms with Crippen molar-refractivity contribution in [3.8, 4) is 0 Å². The maximum Gasteiger partial charge on any atom is 0.229 e. The fourth-order valence-electron chi connectivity index (χ4n) is 4.00. The van der Waals surface area contributed by atoms with E-state index in [0.29, 0.717) is 5.95 Å². The molecule has 1 atom stereocenters. The molecule has 1 heterocycles. The third-order valence-corrected chi connectivity index (χ3v) is 5.63. The molecule has 1 aliphatic carbocycles. The van der Waals surface area contributed by atoms with Crippen molar-refractivity contribution in [2.75, 3.05) is 24.3 Å². The molecule has 6 nitrogen and oxygen atoms in total. The van der Waals surface area contributed by atoms with Gasteiger partial charge in [-0.1, -0.05) is 31.4 Å². The first-order valence-corrected chi connectivity index (χ1v) is 10.5. The number of rotatable bonds is 6. The topological polar surface area (TPSA) is 70.2 Å². The van der Waals surface area contributed by atoms with E-state index in [2.05, 4.69) is 45.7 Å². The highest BCUT2D eigenvalue weighted by atomic mass is 16.1. The Bertz CT molecular complexity index is 858. The van der Waals surface area contributed by atoms with Crippen LogP contribution in [0.5, 0.6) is 0 Å². The van der Waals surface area contributed by atoms with Crippen LogP contribution in [0.2, 0.25) is 0 Å². The number of benzene rings is 1. The fraction of sp³-hybridized carbons (Fsp3) is 0.522. The van der Waals surface area contributed by atoms with Crippen molar-refractivity contribution in [3.63, 3.8) is 0 Å². The number of anilines is 3. The zero-order chi connectivity index (χ0) is 21.0. The molecule has 0 bridgehead atoms. The number of hydrogen-bond donors (Lipinski definition) is 2. The molecule has 1 saturated carbocycles. The Kier molecular flexibility index (Phi) is 6.72. The summed E-state index contributed by atoms with van der Waals surface area (Å²) in [5, 5.41) is 6.59. The van der Waals surface area contributed by atoms with E-state index in [0.717, 1.165) is 53.9 Å². The Balaban J connectivity index is 1.80. The van der Waals surface area contributed by atoms with Gasteiger partial charge in [-0.3, -0.25) is 4.79 Å². The quantitative estimate of drug-likeness (QED) is 0.744. The molecule has 0 unspecified atom stereocenters. The number of aromatic nitrogens is 2. The third kappa shape index (κ3) is 5.25. The van der Waals surface area contributed by atoms with Gasteiger partial charge in [-0.25, -0.2) is 4.98 Å². The highest BCUT2D eigenvalue weighted by molar-refractivity contribution is 5.79. The van der Waals surface area contributed by atoms with Gasteiger partial charge in [0.1, 0.15) is 5.82 Å². The largest absolute Gasteiger partial charge is 0.362 e. The normalized spacial score (nSPS) is 15.6. The van der Waals surface area contributed by atoms with Gasteiger partial charge in [0.05, 0.1) is 6.04 Å². The van der Waals surface area contributed by atoms with Gasteiger partial charge >= 0.3 is 0 Å². The SMILES string of the molecule is Cc1ccc([C@H](C)NC(=O)C2CCCCC2)c(Nc2ncc(C)c(N(C)C)n2)c1. The lowest BCUT2D eigenvalue weighted by atomic mass is 9.88. The van der Waals surface area contributed by atoms with Crippen LogP contribution in [0.15, 0.2) is 24.4 Å². The van der Waals surface area contributed by atoms with Crippen LogP contribution in [0.3, 0.4) is 0 Å². The van der Waals surface area contributed by atoms with Crippen LogP contribution < -0.4 is 15.5 Å². The van der Waals surface area contributed by atoms with E-state index < -0.39 is 0 Å². The predicted octanol–water partition coefficient (Wildman–Crippen LogP) is 4.66. The van der Waals surface area contributed by atoms with Gasteiger partial charge in [-0.15, -0.1) is 0 Å². The minimum Gasteiger partial charge on any atom is -0.362 e. The molecule has 0 aliphatic heterocycles. The Morgan fingerprint density at radius 1 is 1.17 bits per heavy atom. The molecule has 1 amide bonds. The van der Waals surface area contributed by atoms with Crippen molar-refractivity contribution in [3.05, 3.63) is 41.1 Å². The molecular weight excluding hydrogens is 362 g/mol. The van der Waals surface area contributed by atoms with E-state index in [1.807, 2.05) is 39.0 Å². The van der Waals surface area contributed by atoms with E-state index in [1.165, 1.54) is 6.42 Å². The molecule has 0 radical (unpaired) electrons. The number of nitrogens with zero attached hydrogens (tertiary/aromatic N) is 3. The molecule has 0 saturated heterocycles. The Morgan fingerprint density at radius 3 is 2.59 bits per heavy atom. The lowest BCUT2D eigenvalue weighted by Gasteiger charge is -2.25. The average Bonchev–Trinajstić information content (AvgIpc) is 2.70. The van der Waals surface area contributed by atoms with Crippen LogP contribution in [0.25, 0.3) is 0 Å². The average molecular weight is 396 g/mol. The van der Waals surface area contributed by atoms with Crippen LogP contribution >= 0.6 is 0 Å². The lowest BCUT2D eigenvalue weighted by molar-refractivity contribution is -0.126. The van der Waals surface area contributed by atoms with Crippen molar-refractivity contribution in [2.24, 2.45) is 5.92 Å². The maximum absolute atomic E-state index is 12.7. The molecule has 29 heavy (non-hydrogen) atoms. The van der Waals surface area contributed by atoms with E-state index in [9.17, 15) is 4.79 Å². The molecule has 6 heteroatoms. The van der Waals surface area contributed by atoms with Gasteiger partial charge < -0.3 is 15.5 Å². The van der Waals surface area contributed by atoms with Crippen molar-refractivity contribution in [1.29, 1.82) is 0 Å². The zero-order valence-electron chi connectivity index (χ0n) is 18.2. The molecule has 2 N–H and O–H groups in total. The molecule has 3 rings (SSSR count). The van der Waals surface area contributed by atoms with E-state index >= 15 is 0 Å². The van der Waals surface area contributed by atoms with Gasteiger partial charge in [0.2, 0.25) is 11.9 Å². The van der Waals surface area contributed by atoms with E-state index in [-0.39, 0.29) is 17.9 Å². The number of hydrogen-bond acceptors (Lipinski definition) is 5. The summed E-state index contributed by atoms with van der Waals surface area (Å²) in [6.45, 7) is 6.10. The molecule has 156 valence electrons. The second-order valence-electron chi connectivity index (χ2n) is 8.38. The van der Waals surface area contributed by atoms with E-state index in [1.54, 1.807) is 0 Å². The number of aryl methyl sites for hydroxylation is 2. The fourth-order valence-corrected chi connectivity index (χ4v) is 4.00. The zero-order valence-corrected chi connectivity index (χ0v) is 18.2. The summed E-state index contributed by atoms with van der Waals surface area (Å²) in [5.74, 6) is 1.76. The first-order chi connectivity index (χ1) is 13.8. The monoisotopic (exact) mass is 395 g/mol. The number of carbonyl (C=O) groups excluding carboxylic acids is 1. The van der Waals surface area contributed by atoms with Gasteiger partial charge in [0, 0.05) is 37.5 Å². The Labute approximate surface area is 174 Å². The van der Waals surface area contributed by atoms with Crippen LogP contribution in [-0.2, 0) is 4.79 Å². The summed E-state index contributed by atoms with van der Waals surface area (Å²) in [7, 11) is 3.94. The summed E-state index contributed by atoms with van der Waals surface area (Å²) in [6.07, 6.45) is 7.39. The van der Waals surface area contributed by atoms with Crippen LogP contribution in [-0.4, -0.2) is 30.0 Å². The minimum absolute atomic E-state index is 0.0914. The summed E-state index contributed by atoms with van der Waals surface area (Å²) in [6, 6.07) is 6.14. The standard InChI is InChI=1S/C23H33N5O/c1-15-11-12-19(17(3)25-22(29)18-9-7-6-8-10-18)20(13-15)26-23-24-14-16(2)21(27-23)28(4)5/h11-14,17-18H,6-10H2,1-5H3,(H,25,29)(H,24,26,27)/t17-/m0/s1. The number of nitrogens with one attached hydrogen (secondary N) is 2. The van der Waals surface area contributed by atoms with Crippen LogP contribution in [0.4, 0.5) is 17.5 Å². The second-order valence-corrected chi connectivity index (χ2v) is 8.38. The minimum atomic E-state index is -0.0914. The smallest absolute Gasteiger partial charge is 0.229 e. The first kappa shape index (κ1) is 21.1. The predicted molar refractivity (Wildman–Crippen MR) is 119 cm³/mol. The highest BCUT2D eigenvalue weighted by Gasteiger charge is 2.23. The molecule has 1 aliphatic rings. The molecule has 2 aromatic rings. The van der Waals surface area contributed by atoms with Crippen molar-refractivity contribution in [2.45, 2.75) is 58.9 Å². The van der Waals surface area contributed by atoms with Crippen LogP contribution in [0.1, 0.15) is 61.8 Å². The molecule has 1 aromatic carbocycles. The Morgan fingerprint density at radius 2 is 1.90 bits per heavy atom. The second kappa shape index (κ2) is 9.25. The first-order valence-electron chi connectivity index (χ1n) is 10.5. The molecule has 1 aromatic heterocycles. The highest BCUT2D eigenvalue weighted by Crippen LogP contribution is 2.29. The van der Waals surface area contributed by atoms with Gasteiger partial charge in [-0.2, -0.15) is 4.98 Å². The summed E-state index contributed by atoms with van der Waals surface area (Å²) >= 11 is 0. The van der Waals surface area contributed by atoms with Crippen molar-refractivity contribution >= 4 is 23.4 Å². The van der Waals surface area contributed by atoms with E-state index in [4.69, 9.17) is 0 Å². The molecule has 1 fully saturated rings. The maximum atomic E-state index is 12.7. The van der Waals surface area contributed by atoms with Gasteiger partial charge in [0.25, 0.3) is 0 Å². The Hall–Kier alpha value is -2.63. The van der Waals surface area contributed by atoms with Crippen molar-refractivity contribution < 1.29 is 4.79 Å². The summed E-state index contributed by atoms with van der Waals surface area (Å²) in [4.78, 5) is 23.8. The van der Waals surface area contributed by atoms with Gasteiger partial charge in [-0.05, 0) is 50.8 Å². The summed E-state index contributed by atoms with van der Waals surface area (Å²) in [5.41, 5.74) is 4.13. The van der Waals surface area contributed by atoms with Crippen LogP contribution in [0, 0.1) is 19.8 Å².